The molecule has 7 heteroatoms. The van der Waals surface area contributed by atoms with Crippen LogP contribution in [0, 0.1) is 10.8 Å². The van der Waals surface area contributed by atoms with Gasteiger partial charge in [0.25, 0.3) is 0 Å². The third kappa shape index (κ3) is 5.06. The number of ether oxygens (including phenoxy) is 1. The second kappa shape index (κ2) is 7.24. The third-order valence-electron chi connectivity index (χ3n) is 3.34. The number of rotatable bonds is 7. The molecular formula is C11H23O6P. The van der Waals surface area contributed by atoms with Crippen molar-refractivity contribution in [1.82, 2.24) is 0 Å². The van der Waals surface area contributed by atoms with Crippen LogP contribution in [0.25, 0.3) is 0 Å². The van der Waals surface area contributed by atoms with Crippen LogP contribution in [0.1, 0.15) is 41.0 Å². The van der Waals surface area contributed by atoms with E-state index in [2.05, 4.69) is 9.56 Å². The van der Waals surface area contributed by atoms with Gasteiger partial charge in [0, 0.05) is 0 Å². The number of esters is 1. The first-order valence-electron chi connectivity index (χ1n) is 5.84. The lowest BCUT2D eigenvalue weighted by molar-refractivity contribution is -0.218. The van der Waals surface area contributed by atoms with Crippen molar-refractivity contribution in [2.45, 2.75) is 41.0 Å². The number of hydrogen-bond acceptors (Lipinski definition) is 5. The SMILES string of the molecule is CCC(C)(C(=O)OCCOO[PH](=O)O)C(C)(C)C. The summed E-state index contributed by atoms with van der Waals surface area (Å²) in [4.78, 5) is 24.7. The minimum absolute atomic E-state index is 0.0142. The van der Waals surface area contributed by atoms with Crippen LogP contribution in [0.2, 0.25) is 0 Å². The number of hydrogen-bond donors (Lipinski definition) is 1. The summed E-state index contributed by atoms with van der Waals surface area (Å²) in [5.74, 6) is -0.308. The second-order valence-corrected chi connectivity index (χ2v) is 5.94. The first kappa shape index (κ1) is 17.6. The second-order valence-electron chi connectivity index (χ2n) is 5.24. The molecule has 0 aliphatic heterocycles. The van der Waals surface area contributed by atoms with Gasteiger partial charge in [0.15, 0.2) is 0 Å². The number of carbonyl (C=O) groups is 1. The highest BCUT2D eigenvalue weighted by molar-refractivity contribution is 7.31. The standard InChI is InChI=1S/C11H23O6P/c1-6-11(5,10(2,3)4)9(12)15-7-8-16-17-18(13)14/h18H,6-8H2,1-5H3,(H,13,14). The van der Waals surface area contributed by atoms with E-state index in [1.165, 1.54) is 0 Å². The van der Waals surface area contributed by atoms with Crippen LogP contribution in [-0.2, 0) is 23.7 Å². The average Bonchev–Trinajstić information content (AvgIpc) is 2.25. The van der Waals surface area contributed by atoms with E-state index in [0.29, 0.717) is 6.42 Å². The summed E-state index contributed by atoms with van der Waals surface area (Å²) in [5.41, 5.74) is -0.801. The van der Waals surface area contributed by atoms with Crippen LogP contribution in [0.3, 0.4) is 0 Å². The largest absolute Gasteiger partial charge is 0.463 e. The van der Waals surface area contributed by atoms with Crippen molar-refractivity contribution >= 4 is 14.2 Å². The minimum Gasteiger partial charge on any atom is -0.463 e. The molecule has 0 aliphatic carbocycles. The van der Waals surface area contributed by atoms with Crippen LogP contribution >= 0.6 is 8.25 Å². The zero-order valence-electron chi connectivity index (χ0n) is 11.6. The van der Waals surface area contributed by atoms with Crippen molar-refractivity contribution in [3.8, 4) is 0 Å². The lowest BCUT2D eigenvalue weighted by Crippen LogP contribution is -2.41. The van der Waals surface area contributed by atoms with Crippen molar-refractivity contribution in [2.75, 3.05) is 13.2 Å². The molecule has 1 N–H and O–H groups in total. The fourth-order valence-corrected chi connectivity index (χ4v) is 1.58. The molecule has 0 fully saturated rings. The van der Waals surface area contributed by atoms with Crippen molar-refractivity contribution in [3.05, 3.63) is 0 Å². The van der Waals surface area contributed by atoms with Crippen molar-refractivity contribution < 1.29 is 28.6 Å². The summed E-state index contributed by atoms with van der Waals surface area (Å²) in [6.07, 6.45) is 0.664. The molecule has 108 valence electrons. The molecule has 0 aromatic heterocycles. The van der Waals surface area contributed by atoms with Crippen LogP contribution in [0.15, 0.2) is 0 Å². The monoisotopic (exact) mass is 282 g/mol. The van der Waals surface area contributed by atoms with Gasteiger partial charge in [-0.1, -0.05) is 27.7 Å². The van der Waals surface area contributed by atoms with Gasteiger partial charge in [-0.05, 0) is 18.8 Å². The first-order valence-corrected chi connectivity index (χ1v) is 7.11. The Morgan fingerprint density at radius 3 is 2.17 bits per heavy atom. The van der Waals surface area contributed by atoms with Gasteiger partial charge in [-0.2, -0.15) is 4.67 Å². The fourth-order valence-electron chi connectivity index (χ4n) is 1.40. The van der Waals surface area contributed by atoms with Gasteiger partial charge in [0.2, 0.25) is 0 Å². The van der Waals surface area contributed by atoms with Crippen LogP contribution in [0.5, 0.6) is 0 Å². The molecule has 0 heterocycles. The van der Waals surface area contributed by atoms with Crippen molar-refractivity contribution in [1.29, 1.82) is 0 Å². The van der Waals surface area contributed by atoms with E-state index in [1.807, 2.05) is 34.6 Å². The fraction of sp³-hybridized carbons (Fsp3) is 0.909. The molecule has 0 saturated carbocycles. The van der Waals surface area contributed by atoms with Crippen molar-refractivity contribution in [3.63, 3.8) is 0 Å². The molecule has 0 bridgehead atoms. The molecule has 2 unspecified atom stereocenters. The van der Waals surface area contributed by atoms with Crippen molar-refractivity contribution in [2.24, 2.45) is 10.8 Å². The molecule has 0 rings (SSSR count). The van der Waals surface area contributed by atoms with Gasteiger partial charge in [-0.3, -0.25) is 9.36 Å². The Kier molecular flexibility index (Phi) is 7.07. The van der Waals surface area contributed by atoms with Gasteiger partial charge < -0.3 is 9.63 Å². The van der Waals surface area contributed by atoms with E-state index in [1.54, 1.807) is 0 Å². The highest BCUT2D eigenvalue weighted by Gasteiger charge is 2.43. The predicted molar refractivity (Wildman–Crippen MR) is 67.1 cm³/mol. The van der Waals surface area contributed by atoms with Gasteiger partial charge in [0.05, 0.1) is 5.41 Å². The molecule has 0 radical (unpaired) electrons. The Morgan fingerprint density at radius 1 is 1.22 bits per heavy atom. The molecule has 2 atom stereocenters. The summed E-state index contributed by atoms with van der Waals surface area (Å²) >= 11 is 0. The topological polar surface area (TPSA) is 82.1 Å². The van der Waals surface area contributed by atoms with Crippen LogP contribution in [0.4, 0.5) is 0 Å². The van der Waals surface area contributed by atoms with Crippen LogP contribution < -0.4 is 0 Å². The summed E-state index contributed by atoms with van der Waals surface area (Å²) in [7, 11) is -3.10. The molecule has 0 amide bonds. The molecule has 0 saturated heterocycles. The average molecular weight is 282 g/mol. The molecule has 0 spiro atoms. The Morgan fingerprint density at radius 2 is 1.78 bits per heavy atom. The van der Waals surface area contributed by atoms with Gasteiger partial charge >= 0.3 is 14.2 Å². The molecule has 6 nitrogen and oxygen atoms in total. The Balaban J connectivity index is 4.19. The third-order valence-corrected chi connectivity index (χ3v) is 3.60. The smallest absolute Gasteiger partial charge is 0.344 e. The quantitative estimate of drug-likeness (QED) is 0.254. The Bertz CT molecular complexity index is 298. The zero-order chi connectivity index (χ0) is 14.4. The van der Waals surface area contributed by atoms with Gasteiger partial charge in [0.1, 0.15) is 13.2 Å². The lowest BCUT2D eigenvalue weighted by Gasteiger charge is -2.38. The summed E-state index contributed by atoms with van der Waals surface area (Å²) in [5, 5.41) is 0. The normalized spacial score (nSPS) is 17.0. The zero-order valence-corrected chi connectivity index (χ0v) is 12.6. The van der Waals surface area contributed by atoms with E-state index in [4.69, 9.17) is 9.63 Å². The van der Waals surface area contributed by atoms with E-state index >= 15 is 0 Å². The highest BCUT2D eigenvalue weighted by atomic mass is 31.1. The summed E-state index contributed by atoms with van der Waals surface area (Å²) in [6.45, 7) is 9.65. The maximum absolute atomic E-state index is 12.0. The summed E-state index contributed by atoms with van der Waals surface area (Å²) in [6, 6.07) is 0. The maximum Gasteiger partial charge on any atom is 0.344 e. The molecule has 0 aromatic carbocycles. The molecule has 18 heavy (non-hydrogen) atoms. The molecule has 0 aromatic rings. The van der Waals surface area contributed by atoms with E-state index in [0.717, 1.165) is 0 Å². The van der Waals surface area contributed by atoms with Gasteiger partial charge in [-0.15, -0.1) is 0 Å². The first-order chi connectivity index (χ1) is 8.15. The minimum atomic E-state index is -3.10. The lowest BCUT2D eigenvalue weighted by atomic mass is 9.66. The Labute approximate surface area is 108 Å². The number of carbonyl (C=O) groups excluding carboxylic acids is 1. The maximum atomic E-state index is 12.0. The molecular weight excluding hydrogens is 259 g/mol. The Hall–Kier alpha value is -0.420. The van der Waals surface area contributed by atoms with E-state index in [9.17, 15) is 9.36 Å². The van der Waals surface area contributed by atoms with E-state index in [-0.39, 0.29) is 24.6 Å². The predicted octanol–water partition coefficient (Wildman–Crippen LogP) is 2.32. The van der Waals surface area contributed by atoms with Crippen LogP contribution in [-0.4, -0.2) is 24.1 Å². The molecule has 0 aliphatic rings. The highest BCUT2D eigenvalue weighted by Crippen LogP contribution is 2.42. The van der Waals surface area contributed by atoms with Gasteiger partial charge in [-0.25, -0.2) is 4.89 Å². The van der Waals surface area contributed by atoms with E-state index < -0.39 is 13.7 Å². The summed E-state index contributed by atoms with van der Waals surface area (Å²) < 4.78 is 19.3.